The number of hydrazine groups is 1. The summed E-state index contributed by atoms with van der Waals surface area (Å²) in [7, 11) is 0. The molecule has 5 rings (SSSR count). The molecule has 0 aromatic heterocycles. The van der Waals surface area contributed by atoms with E-state index in [9.17, 15) is 19.5 Å². The molecule has 3 amide bonds. The second-order valence-corrected chi connectivity index (χ2v) is 7.17. The maximum Gasteiger partial charge on any atom is 0.274 e. The first-order valence-corrected chi connectivity index (χ1v) is 8.63. The van der Waals surface area contributed by atoms with Gasteiger partial charge in [-0.1, -0.05) is 36.4 Å². The van der Waals surface area contributed by atoms with Crippen LogP contribution in [0.5, 0.6) is 5.75 Å². The zero-order chi connectivity index (χ0) is 18.0. The summed E-state index contributed by atoms with van der Waals surface area (Å²) in [5.41, 5.74) is 2.44. The van der Waals surface area contributed by atoms with Gasteiger partial charge in [0.25, 0.3) is 17.7 Å². The van der Waals surface area contributed by atoms with Crippen LogP contribution >= 0.6 is 0 Å². The van der Waals surface area contributed by atoms with E-state index in [0.29, 0.717) is 0 Å². The number of hydrogen-bond donors (Lipinski definition) is 2. The summed E-state index contributed by atoms with van der Waals surface area (Å²) >= 11 is 0. The molecule has 130 valence electrons. The van der Waals surface area contributed by atoms with Gasteiger partial charge in [0, 0.05) is 0 Å². The van der Waals surface area contributed by atoms with E-state index in [4.69, 9.17) is 0 Å². The van der Waals surface area contributed by atoms with E-state index in [2.05, 4.69) is 5.43 Å². The second-order valence-electron chi connectivity index (χ2n) is 7.17. The monoisotopic (exact) mass is 348 g/mol. The number of imide groups is 1. The van der Waals surface area contributed by atoms with Crippen LogP contribution in [0.25, 0.3) is 10.8 Å². The second kappa shape index (κ2) is 5.17. The van der Waals surface area contributed by atoms with Gasteiger partial charge >= 0.3 is 0 Å². The normalized spacial score (nSPS) is 28.8. The number of hydrogen-bond acceptors (Lipinski definition) is 4. The molecule has 1 aliphatic heterocycles. The van der Waals surface area contributed by atoms with Crippen LogP contribution in [-0.4, -0.2) is 27.8 Å². The van der Waals surface area contributed by atoms with Crippen LogP contribution < -0.4 is 5.43 Å². The molecule has 0 radical (unpaired) electrons. The first kappa shape index (κ1) is 15.1. The predicted molar refractivity (Wildman–Crippen MR) is 92.6 cm³/mol. The van der Waals surface area contributed by atoms with Crippen molar-refractivity contribution >= 4 is 28.5 Å². The predicted octanol–water partition coefficient (Wildman–Crippen LogP) is 2.00. The van der Waals surface area contributed by atoms with Crippen molar-refractivity contribution < 1.29 is 19.5 Å². The van der Waals surface area contributed by atoms with E-state index in [-0.39, 0.29) is 46.8 Å². The Kier molecular flexibility index (Phi) is 3.01. The lowest BCUT2D eigenvalue weighted by Gasteiger charge is -2.18. The average molecular weight is 348 g/mol. The number of benzene rings is 2. The van der Waals surface area contributed by atoms with Gasteiger partial charge < -0.3 is 5.11 Å². The van der Waals surface area contributed by atoms with E-state index < -0.39 is 5.91 Å². The summed E-state index contributed by atoms with van der Waals surface area (Å²) in [4.78, 5) is 37.9. The van der Waals surface area contributed by atoms with Crippen molar-refractivity contribution in [3.05, 3.63) is 54.1 Å². The summed E-state index contributed by atoms with van der Waals surface area (Å²) in [6.45, 7) is 0. The number of aromatic hydroxyl groups is 1. The molecule has 2 fully saturated rings. The Balaban J connectivity index is 1.44. The average Bonchev–Trinajstić information content (AvgIpc) is 3.31. The molecule has 2 aliphatic carbocycles. The number of carbonyl (C=O) groups is 3. The lowest BCUT2D eigenvalue weighted by molar-refractivity contribution is -0.143. The van der Waals surface area contributed by atoms with Gasteiger partial charge in [0.15, 0.2) is 0 Å². The zero-order valence-corrected chi connectivity index (χ0v) is 13.8. The van der Waals surface area contributed by atoms with Crippen LogP contribution in [0.3, 0.4) is 0 Å². The van der Waals surface area contributed by atoms with Crippen LogP contribution in [-0.2, 0) is 9.59 Å². The quantitative estimate of drug-likeness (QED) is 0.642. The van der Waals surface area contributed by atoms with Crippen LogP contribution in [0.2, 0.25) is 0 Å². The van der Waals surface area contributed by atoms with Crippen molar-refractivity contribution in [2.75, 3.05) is 0 Å². The van der Waals surface area contributed by atoms with Crippen LogP contribution in [0.15, 0.2) is 48.6 Å². The Morgan fingerprint density at radius 1 is 1.00 bits per heavy atom. The fraction of sp³-hybridized carbons (Fsp3) is 0.250. The van der Waals surface area contributed by atoms with E-state index in [1.54, 1.807) is 6.07 Å². The Hall–Kier alpha value is -3.15. The highest BCUT2D eigenvalue weighted by Gasteiger charge is 2.59. The molecule has 2 aromatic carbocycles. The molecule has 26 heavy (non-hydrogen) atoms. The van der Waals surface area contributed by atoms with Crippen molar-refractivity contribution in [1.82, 2.24) is 10.4 Å². The third kappa shape index (κ3) is 1.95. The van der Waals surface area contributed by atoms with E-state index in [1.807, 2.05) is 36.4 Å². The minimum absolute atomic E-state index is 0.0301. The van der Waals surface area contributed by atoms with Gasteiger partial charge in [0.2, 0.25) is 0 Å². The molecule has 2 aromatic rings. The lowest BCUT2D eigenvalue weighted by Crippen LogP contribution is -2.47. The molecule has 0 spiro atoms. The molecular formula is C20H16N2O4. The highest BCUT2D eigenvalue weighted by molar-refractivity contribution is 6.09. The third-order valence-electron chi connectivity index (χ3n) is 5.79. The Labute approximate surface area is 149 Å². The van der Waals surface area contributed by atoms with Crippen LogP contribution in [0, 0.1) is 23.7 Å². The number of nitrogens with one attached hydrogen (secondary N) is 1. The number of allylic oxidation sites excluding steroid dienone is 2. The number of fused-ring (bicyclic) bond motifs is 6. The largest absolute Gasteiger partial charge is 0.507 e. The maximum absolute atomic E-state index is 12.6. The number of amides is 3. The first-order valence-electron chi connectivity index (χ1n) is 8.63. The van der Waals surface area contributed by atoms with Gasteiger partial charge in [-0.3, -0.25) is 19.8 Å². The highest BCUT2D eigenvalue weighted by Crippen LogP contribution is 2.52. The Morgan fingerprint density at radius 2 is 1.58 bits per heavy atom. The smallest absolute Gasteiger partial charge is 0.274 e. The molecule has 4 atom stereocenters. The minimum atomic E-state index is -0.671. The van der Waals surface area contributed by atoms with E-state index in [1.165, 1.54) is 6.07 Å². The Bertz CT molecular complexity index is 982. The van der Waals surface area contributed by atoms with Crippen LogP contribution in [0.1, 0.15) is 16.8 Å². The number of phenols is 1. The zero-order valence-electron chi connectivity index (χ0n) is 13.8. The van der Waals surface area contributed by atoms with Crippen molar-refractivity contribution in [2.24, 2.45) is 23.7 Å². The minimum Gasteiger partial charge on any atom is -0.507 e. The molecule has 2 N–H and O–H groups in total. The molecule has 3 aliphatic rings. The fourth-order valence-corrected chi connectivity index (χ4v) is 4.58. The van der Waals surface area contributed by atoms with Crippen molar-refractivity contribution in [1.29, 1.82) is 0 Å². The standard InChI is InChI=1S/C20H16N2O4/c23-15-9-11-4-2-1-3-10(11)8-14(15)18(24)21-22-19(25)16-12-5-6-13(7-12)17(16)20(22)26/h1-6,8-9,12-13,16-17,23H,7H2,(H,21,24)/t12-,13-,16+,17+/m0/s1. The third-order valence-corrected chi connectivity index (χ3v) is 5.79. The first-order chi connectivity index (χ1) is 12.5. The topological polar surface area (TPSA) is 86.7 Å². The number of rotatable bonds is 2. The van der Waals surface area contributed by atoms with E-state index in [0.717, 1.165) is 22.2 Å². The van der Waals surface area contributed by atoms with E-state index >= 15 is 0 Å². The summed E-state index contributed by atoms with van der Waals surface area (Å²) in [6, 6.07) is 10.4. The van der Waals surface area contributed by atoms with Gasteiger partial charge in [-0.15, -0.1) is 0 Å². The van der Waals surface area contributed by atoms with Gasteiger partial charge in [0.05, 0.1) is 17.4 Å². The van der Waals surface area contributed by atoms with Gasteiger partial charge in [0.1, 0.15) is 5.75 Å². The van der Waals surface area contributed by atoms with Gasteiger partial charge in [-0.2, -0.15) is 5.01 Å². The maximum atomic E-state index is 12.6. The summed E-state index contributed by atoms with van der Waals surface area (Å²) in [5.74, 6) is -2.16. The van der Waals surface area contributed by atoms with Gasteiger partial charge in [-0.25, -0.2) is 0 Å². The molecular weight excluding hydrogens is 332 g/mol. The molecule has 6 heteroatoms. The molecule has 1 saturated heterocycles. The summed E-state index contributed by atoms with van der Waals surface area (Å²) in [6.07, 6.45) is 4.83. The molecule has 2 bridgehead atoms. The van der Waals surface area contributed by atoms with Gasteiger partial charge in [-0.05, 0) is 41.2 Å². The number of phenolic OH excluding ortho intramolecular Hbond substituents is 1. The van der Waals surface area contributed by atoms with Crippen LogP contribution in [0.4, 0.5) is 0 Å². The summed E-state index contributed by atoms with van der Waals surface area (Å²) < 4.78 is 0. The fourth-order valence-electron chi connectivity index (χ4n) is 4.58. The molecule has 1 heterocycles. The lowest BCUT2D eigenvalue weighted by atomic mass is 9.85. The number of nitrogens with zero attached hydrogens (tertiary/aromatic N) is 1. The highest BCUT2D eigenvalue weighted by atomic mass is 16.3. The van der Waals surface area contributed by atoms with Crippen molar-refractivity contribution in [2.45, 2.75) is 6.42 Å². The SMILES string of the molecule is O=C(NN1C(=O)[C@H]2[C@H](C1=O)[C@H]1C=C[C@H]2C1)c1cc2ccccc2cc1O. The summed E-state index contributed by atoms with van der Waals surface area (Å²) in [5, 5.41) is 12.6. The van der Waals surface area contributed by atoms with Crippen molar-refractivity contribution in [3.8, 4) is 5.75 Å². The molecule has 6 nitrogen and oxygen atoms in total. The molecule has 0 unspecified atom stereocenters. The Morgan fingerprint density at radius 3 is 2.19 bits per heavy atom. The molecule has 1 saturated carbocycles. The number of carbonyl (C=O) groups excluding carboxylic acids is 3. The van der Waals surface area contributed by atoms with Crippen molar-refractivity contribution in [3.63, 3.8) is 0 Å².